The maximum atomic E-state index is 13.2. The molecule has 1 unspecified atom stereocenters. The lowest BCUT2D eigenvalue weighted by atomic mass is 10.2. The Hall–Kier alpha value is -1.40. The number of esters is 1. The molecule has 0 aliphatic rings. The van der Waals surface area contributed by atoms with Crippen LogP contribution in [0.5, 0.6) is 0 Å². The number of carbonyl (C=O) groups excluding carboxylic acids is 1. The number of carbonyl (C=O) groups is 1. The second kappa shape index (κ2) is 6.85. The van der Waals surface area contributed by atoms with Crippen LogP contribution >= 0.6 is 27.3 Å². The molecule has 1 atom stereocenters. The van der Waals surface area contributed by atoms with Crippen LogP contribution in [0.2, 0.25) is 0 Å². The van der Waals surface area contributed by atoms with E-state index in [1.165, 1.54) is 23.5 Å². The first kappa shape index (κ1) is 15.0. The summed E-state index contributed by atoms with van der Waals surface area (Å²) in [6, 6.07) is 9.04. The van der Waals surface area contributed by atoms with Gasteiger partial charge in [0.05, 0.1) is 10.4 Å². The monoisotopic (exact) mass is 357 g/mol. The molecule has 0 spiro atoms. The molecule has 0 radical (unpaired) electrons. The third-order valence-corrected chi connectivity index (χ3v) is 4.22. The molecule has 0 aliphatic heterocycles. The quantitative estimate of drug-likeness (QED) is 0.807. The molecule has 0 aliphatic carbocycles. The van der Waals surface area contributed by atoms with Crippen molar-refractivity contribution in [1.29, 1.82) is 0 Å². The van der Waals surface area contributed by atoms with Crippen LogP contribution < -0.4 is 5.32 Å². The smallest absolute Gasteiger partial charge is 0.334 e. The van der Waals surface area contributed by atoms with E-state index in [1.54, 1.807) is 19.1 Å². The third kappa shape index (κ3) is 3.80. The van der Waals surface area contributed by atoms with Crippen molar-refractivity contribution in [2.75, 3.05) is 11.9 Å². The van der Waals surface area contributed by atoms with Crippen LogP contribution in [-0.4, -0.2) is 12.6 Å². The highest BCUT2D eigenvalue weighted by Crippen LogP contribution is 2.30. The minimum absolute atomic E-state index is 0.298. The van der Waals surface area contributed by atoms with E-state index >= 15 is 0 Å². The van der Waals surface area contributed by atoms with Crippen molar-refractivity contribution < 1.29 is 13.9 Å². The van der Waals surface area contributed by atoms with Crippen LogP contribution in [0.25, 0.3) is 0 Å². The summed E-state index contributed by atoms with van der Waals surface area (Å²) >= 11 is 4.80. The van der Waals surface area contributed by atoms with Gasteiger partial charge >= 0.3 is 5.97 Å². The van der Waals surface area contributed by atoms with Gasteiger partial charge in [0.25, 0.3) is 0 Å². The number of hydrogen-bond donors (Lipinski definition) is 1. The van der Waals surface area contributed by atoms with Crippen molar-refractivity contribution in [3.63, 3.8) is 0 Å². The molecule has 3 nitrogen and oxygen atoms in total. The fourth-order valence-electron chi connectivity index (χ4n) is 1.70. The highest BCUT2D eigenvalue weighted by atomic mass is 79.9. The number of nitrogens with one attached hydrogen (secondary N) is 1. The van der Waals surface area contributed by atoms with Crippen molar-refractivity contribution in [2.45, 2.75) is 13.0 Å². The van der Waals surface area contributed by atoms with Crippen molar-refractivity contribution in [1.82, 2.24) is 0 Å². The van der Waals surface area contributed by atoms with Crippen LogP contribution in [0.3, 0.4) is 0 Å². The van der Waals surface area contributed by atoms with Crippen LogP contribution in [0.1, 0.15) is 17.8 Å². The van der Waals surface area contributed by atoms with Gasteiger partial charge in [-0.2, -0.15) is 0 Å². The number of thiophene rings is 1. The number of benzene rings is 1. The Morgan fingerprint density at radius 2 is 2.25 bits per heavy atom. The standard InChI is InChI=1S/C14H13BrFNO2S/c1-2-19-14(18)13(11-6-7-12(15)20-11)17-10-5-3-4-9(16)8-10/h3-8,13,17H,2H2,1H3. The fraction of sp³-hybridized carbons (Fsp3) is 0.214. The lowest BCUT2D eigenvalue weighted by Gasteiger charge is -2.17. The predicted octanol–water partition coefficient (Wildman–Crippen LogP) is 4.37. The van der Waals surface area contributed by atoms with Crippen LogP contribution in [0, 0.1) is 5.82 Å². The average molecular weight is 358 g/mol. The minimum atomic E-state index is -0.645. The minimum Gasteiger partial charge on any atom is -0.464 e. The Morgan fingerprint density at radius 1 is 1.45 bits per heavy atom. The molecule has 0 saturated heterocycles. The largest absolute Gasteiger partial charge is 0.464 e. The molecule has 1 heterocycles. The van der Waals surface area contributed by atoms with E-state index in [2.05, 4.69) is 21.2 Å². The molecule has 2 rings (SSSR count). The van der Waals surface area contributed by atoms with E-state index in [0.29, 0.717) is 12.3 Å². The topological polar surface area (TPSA) is 38.3 Å². The van der Waals surface area contributed by atoms with Gasteiger partial charge in [-0.25, -0.2) is 9.18 Å². The zero-order chi connectivity index (χ0) is 14.5. The Bertz CT molecular complexity index is 602. The number of halogens is 2. The fourth-order valence-corrected chi connectivity index (χ4v) is 3.16. The number of hydrogen-bond acceptors (Lipinski definition) is 4. The van der Waals surface area contributed by atoms with Gasteiger partial charge in [0, 0.05) is 10.6 Å². The van der Waals surface area contributed by atoms with E-state index in [1.807, 2.05) is 12.1 Å². The zero-order valence-electron chi connectivity index (χ0n) is 10.7. The van der Waals surface area contributed by atoms with E-state index < -0.39 is 6.04 Å². The summed E-state index contributed by atoms with van der Waals surface area (Å²) in [7, 11) is 0. The second-order valence-electron chi connectivity index (χ2n) is 3.98. The van der Waals surface area contributed by atoms with Gasteiger partial charge in [0.2, 0.25) is 0 Å². The van der Waals surface area contributed by atoms with Crippen molar-refractivity contribution in [3.8, 4) is 0 Å². The Kier molecular flexibility index (Phi) is 5.14. The summed E-state index contributed by atoms with van der Waals surface area (Å²) in [5, 5.41) is 3.01. The average Bonchev–Trinajstić information content (AvgIpc) is 2.83. The predicted molar refractivity (Wildman–Crippen MR) is 81.4 cm³/mol. The van der Waals surface area contributed by atoms with Crippen LogP contribution in [0.15, 0.2) is 40.2 Å². The first-order chi connectivity index (χ1) is 9.60. The van der Waals surface area contributed by atoms with Crippen molar-refractivity contribution >= 4 is 38.9 Å². The summed E-state index contributed by atoms with van der Waals surface area (Å²) in [5.41, 5.74) is 0.535. The molecule has 1 aromatic heterocycles. The van der Waals surface area contributed by atoms with E-state index in [-0.39, 0.29) is 11.8 Å². The molecule has 0 bridgehead atoms. The summed E-state index contributed by atoms with van der Waals surface area (Å²) in [4.78, 5) is 12.9. The molecule has 1 aromatic carbocycles. The van der Waals surface area contributed by atoms with Gasteiger partial charge in [0.15, 0.2) is 6.04 Å². The molecule has 2 aromatic rings. The molecule has 0 fully saturated rings. The first-order valence-corrected chi connectivity index (χ1v) is 7.65. The van der Waals surface area contributed by atoms with Gasteiger partial charge in [-0.1, -0.05) is 6.07 Å². The highest BCUT2D eigenvalue weighted by Gasteiger charge is 2.23. The lowest BCUT2D eigenvalue weighted by Crippen LogP contribution is -2.22. The van der Waals surface area contributed by atoms with E-state index in [4.69, 9.17) is 4.74 Å². The molecular weight excluding hydrogens is 345 g/mol. The maximum absolute atomic E-state index is 13.2. The van der Waals surface area contributed by atoms with Gasteiger partial charge < -0.3 is 10.1 Å². The SMILES string of the molecule is CCOC(=O)C(Nc1cccc(F)c1)c1ccc(Br)s1. The highest BCUT2D eigenvalue weighted by molar-refractivity contribution is 9.11. The summed E-state index contributed by atoms with van der Waals surface area (Å²) in [6.07, 6.45) is 0. The van der Waals surface area contributed by atoms with Crippen molar-refractivity contribution in [2.24, 2.45) is 0 Å². The molecule has 106 valence electrons. The molecule has 0 amide bonds. The summed E-state index contributed by atoms with van der Waals surface area (Å²) in [6.45, 7) is 2.05. The second-order valence-corrected chi connectivity index (χ2v) is 6.48. The third-order valence-electron chi connectivity index (χ3n) is 2.54. The maximum Gasteiger partial charge on any atom is 0.334 e. The van der Waals surface area contributed by atoms with Crippen molar-refractivity contribution in [3.05, 3.63) is 50.9 Å². The summed E-state index contributed by atoms with van der Waals surface area (Å²) in [5.74, 6) is -0.740. The molecular formula is C14H13BrFNO2S. The Balaban J connectivity index is 2.25. The summed E-state index contributed by atoms with van der Waals surface area (Å²) < 4.78 is 19.2. The lowest BCUT2D eigenvalue weighted by molar-refractivity contribution is -0.144. The molecule has 20 heavy (non-hydrogen) atoms. The van der Waals surface area contributed by atoms with Crippen LogP contribution in [-0.2, 0) is 9.53 Å². The Labute approximate surface area is 128 Å². The zero-order valence-corrected chi connectivity index (χ0v) is 13.1. The number of anilines is 1. The molecule has 0 saturated carbocycles. The van der Waals surface area contributed by atoms with E-state index in [0.717, 1.165) is 8.66 Å². The van der Waals surface area contributed by atoms with Gasteiger partial charge in [-0.15, -0.1) is 11.3 Å². The van der Waals surface area contributed by atoms with Gasteiger partial charge in [-0.3, -0.25) is 0 Å². The van der Waals surface area contributed by atoms with E-state index in [9.17, 15) is 9.18 Å². The molecule has 1 N–H and O–H groups in total. The normalized spacial score (nSPS) is 11.9. The first-order valence-electron chi connectivity index (χ1n) is 6.04. The number of ether oxygens (including phenoxy) is 1. The number of rotatable bonds is 5. The van der Waals surface area contributed by atoms with Gasteiger partial charge in [-0.05, 0) is 53.2 Å². The Morgan fingerprint density at radius 3 is 2.85 bits per heavy atom. The van der Waals surface area contributed by atoms with Crippen LogP contribution in [0.4, 0.5) is 10.1 Å². The van der Waals surface area contributed by atoms with Gasteiger partial charge in [0.1, 0.15) is 5.82 Å². The molecule has 6 heteroatoms.